The van der Waals surface area contributed by atoms with Crippen LogP contribution in [0.4, 0.5) is 5.69 Å². The quantitative estimate of drug-likeness (QED) is 0.540. The molecule has 0 atom stereocenters. The number of hydrogen-bond donors (Lipinski definition) is 3. The van der Waals surface area contributed by atoms with Crippen molar-refractivity contribution < 1.29 is 22.0 Å². The van der Waals surface area contributed by atoms with E-state index in [0.29, 0.717) is 11.4 Å². The smallest absolute Gasteiger partial charge is 0.293 e. The number of carbonyl (C=O) groups excluding carboxylic acids is 1. The number of nitrogens with one attached hydrogen (secondary N) is 3. The van der Waals surface area contributed by atoms with Crippen molar-refractivity contribution in [3.8, 4) is 0 Å². The highest BCUT2D eigenvalue weighted by atomic mass is 32.2. The predicted molar refractivity (Wildman–Crippen MR) is 102 cm³/mol. The second kappa shape index (κ2) is 8.16. The van der Waals surface area contributed by atoms with Gasteiger partial charge in [0.25, 0.3) is 5.91 Å². The fraction of sp³-hybridized carbons (Fsp3) is 0.0588. The van der Waals surface area contributed by atoms with E-state index in [0.717, 1.165) is 0 Å². The Bertz CT molecular complexity index is 1030. The zero-order valence-corrected chi connectivity index (χ0v) is 15.5. The predicted octanol–water partition coefficient (Wildman–Crippen LogP) is 2.48. The number of amides is 1. The van der Waals surface area contributed by atoms with Crippen molar-refractivity contribution in [2.75, 3.05) is 5.32 Å². The van der Waals surface area contributed by atoms with Gasteiger partial charge in [0.15, 0.2) is 10.9 Å². The summed E-state index contributed by atoms with van der Waals surface area (Å²) in [5.41, 5.74) is 0.403. The molecular weight excluding hydrogens is 390 g/mol. The van der Waals surface area contributed by atoms with Gasteiger partial charge in [-0.15, -0.1) is 0 Å². The molecule has 0 bridgehead atoms. The summed E-state index contributed by atoms with van der Waals surface area (Å²) >= 11 is 5.07. The van der Waals surface area contributed by atoms with Crippen LogP contribution in [-0.4, -0.2) is 19.4 Å². The Hall–Kier alpha value is -2.95. The van der Waals surface area contributed by atoms with Crippen molar-refractivity contribution in [3.05, 3.63) is 72.6 Å². The van der Waals surface area contributed by atoms with E-state index in [9.17, 15) is 13.2 Å². The van der Waals surface area contributed by atoms with Gasteiger partial charge in [0.2, 0.25) is 10.0 Å². The molecule has 0 unspecified atom stereocenters. The molecule has 0 aliphatic heterocycles. The summed E-state index contributed by atoms with van der Waals surface area (Å²) in [5.74, 6) is 0.0914. The zero-order valence-electron chi connectivity index (χ0n) is 13.8. The fourth-order valence-electron chi connectivity index (χ4n) is 2.14. The van der Waals surface area contributed by atoms with E-state index in [-0.39, 0.29) is 22.3 Å². The molecule has 3 rings (SSSR count). The maximum Gasteiger partial charge on any atom is 0.293 e. The number of furan rings is 2. The van der Waals surface area contributed by atoms with Crippen LogP contribution in [0.2, 0.25) is 0 Å². The monoisotopic (exact) mass is 405 g/mol. The molecular formula is C17H15N3O5S2. The highest BCUT2D eigenvalue weighted by molar-refractivity contribution is 7.89. The van der Waals surface area contributed by atoms with Crippen LogP contribution in [0.15, 0.2) is 74.8 Å². The lowest BCUT2D eigenvalue weighted by Gasteiger charge is -2.11. The number of rotatable bonds is 6. The van der Waals surface area contributed by atoms with Gasteiger partial charge in [0.05, 0.1) is 24.0 Å². The number of sulfonamides is 1. The third kappa shape index (κ3) is 5.03. The largest absolute Gasteiger partial charge is 0.468 e. The van der Waals surface area contributed by atoms with E-state index in [4.69, 9.17) is 21.1 Å². The zero-order chi connectivity index (χ0) is 19.3. The van der Waals surface area contributed by atoms with Gasteiger partial charge in [-0.1, -0.05) is 6.07 Å². The molecule has 0 aliphatic rings. The van der Waals surface area contributed by atoms with Gasteiger partial charge in [0, 0.05) is 5.69 Å². The summed E-state index contributed by atoms with van der Waals surface area (Å²) in [4.78, 5) is 11.9. The molecule has 0 spiro atoms. The molecule has 0 saturated carbocycles. The maximum absolute atomic E-state index is 12.4. The third-order valence-electron chi connectivity index (χ3n) is 3.39. The molecule has 1 amide bonds. The van der Waals surface area contributed by atoms with Crippen molar-refractivity contribution in [1.29, 1.82) is 0 Å². The first-order valence-electron chi connectivity index (χ1n) is 7.72. The molecule has 0 aliphatic carbocycles. The second-order valence-electron chi connectivity index (χ2n) is 5.32. The van der Waals surface area contributed by atoms with Crippen molar-refractivity contribution >= 4 is 38.9 Å². The van der Waals surface area contributed by atoms with Crippen LogP contribution in [0, 0.1) is 0 Å². The summed E-state index contributed by atoms with van der Waals surface area (Å²) < 4.78 is 37.3. The Kier molecular flexibility index (Phi) is 5.69. The van der Waals surface area contributed by atoms with E-state index >= 15 is 0 Å². The molecule has 8 nitrogen and oxygen atoms in total. The summed E-state index contributed by atoms with van der Waals surface area (Å²) in [6.45, 7) is 0.0323. The van der Waals surface area contributed by atoms with Crippen molar-refractivity contribution in [1.82, 2.24) is 10.0 Å². The molecule has 0 fully saturated rings. The molecule has 3 N–H and O–H groups in total. The molecule has 140 valence electrons. The first kappa shape index (κ1) is 18.8. The first-order chi connectivity index (χ1) is 12.9. The first-order valence-corrected chi connectivity index (χ1v) is 9.61. The number of benzene rings is 1. The number of thiocarbonyl (C=S) groups is 1. The third-order valence-corrected chi connectivity index (χ3v) is 4.99. The van der Waals surface area contributed by atoms with Gasteiger partial charge in [0.1, 0.15) is 5.76 Å². The standard InChI is InChI=1S/C17H15N3O5S2/c21-16(15-7-3-9-25-15)20-17(26)19-12-4-1-6-14(10-12)27(22,23)18-11-13-5-2-8-24-13/h1-10,18H,11H2,(H2,19,20,21,26). The summed E-state index contributed by atoms with van der Waals surface area (Å²) in [6.07, 6.45) is 2.83. The van der Waals surface area contributed by atoms with E-state index in [2.05, 4.69) is 15.4 Å². The van der Waals surface area contributed by atoms with Crippen LogP contribution in [-0.2, 0) is 16.6 Å². The molecule has 1 aromatic carbocycles. The van der Waals surface area contributed by atoms with Crippen LogP contribution < -0.4 is 15.4 Å². The number of anilines is 1. The lowest BCUT2D eigenvalue weighted by Crippen LogP contribution is -2.34. The van der Waals surface area contributed by atoms with E-state index in [1.165, 1.54) is 30.7 Å². The van der Waals surface area contributed by atoms with Crippen LogP contribution >= 0.6 is 12.2 Å². The minimum atomic E-state index is -3.75. The fourth-order valence-corrected chi connectivity index (χ4v) is 3.39. The summed E-state index contributed by atoms with van der Waals surface area (Å²) in [5, 5.41) is 5.22. The SMILES string of the molecule is O=C(NC(=S)Nc1cccc(S(=O)(=O)NCc2ccco2)c1)c1ccco1. The minimum Gasteiger partial charge on any atom is -0.468 e. The summed E-state index contributed by atoms with van der Waals surface area (Å²) in [6, 6.07) is 12.4. The number of hydrogen-bond acceptors (Lipinski definition) is 6. The molecule has 0 saturated heterocycles. The highest BCUT2D eigenvalue weighted by Gasteiger charge is 2.16. The molecule has 10 heteroatoms. The molecule has 2 heterocycles. The lowest BCUT2D eigenvalue weighted by molar-refractivity contribution is 0.0950. The minimum absolute atomic E-state index is 0.00879. The average molecular weight is 405 g/mol. The van der Waals surface area contributed by atoms with Crippen LogP contribution in [0.3, 0.4) is 0 Å². The van der Waals surface area contributed by atoms with Gasteiger partial charge in [-0.25, -0.2) is 13.1 Å². The molecule has 2 aromatic heterocycles. The lowest BCUT2D eigenvalue weighted by atomic mass is 10.3. The van der Waals surface area contributed by atoms with Crippen molar-refractivity contribution in [2.45, 2.75) is 11.4 Å². The van der Waals surface area contributed by atoms with Crippen LogP contribution in [0.5, 0.6) is 0 Å². The van der Waals surface area contributed by atoms with Gasteiger partial charge < -0.3 is 14.2 Å². The maximum atomic E-state index is 12.4. The highest BCUT2D eigenvalue weighted by Crippen LogP contribution is 2.16. The Morgan fingerprint density at radius 2 is 1.81 bits per heavy atom. The number of carbonyl (C=O) groups is 1. The van der Waals surface area contributed by atoms with Crippen LogP contribution in [0.1, 0.15) is 16.3 Å². The van der Waals surface area contributed by atoms with Gasteiger partial charge in [-0.3, -0.25) is 10.1 Å². The average Bonchev–Trinajstić information content (AvgIpc) is 3.34. The molecule has 27 heavy (non-hydrogen) atoms. The Labute approximate surface area is 160 Å². The van der Waals surface area contributed by atoms with E-state index in [1.807, 2.05) is 0 Å². The van der Waals surface area contributed by atoms with Gasteiger partial charge in [-0.2, -0.15) is 0 Å². The van der Waals surface area contributed by atoms with Gasteiger partial charge in [-0.05, 0) is 54.7 Å². The Morgan fingerprint density at radius 3 is 2.52 bits per heavy atom. The van der Waals surface area contributed by atoms with E-state index in [1.54, 1.807) is 30.3 Å². The second-order valence-corrected chi connectivity index (χ2v) is 7.49. The van der Waals surface area contributed by atoms with Gasteiger partial charge >= 0.3 is 0 Å². The normalized spacial score (nSPS) is 11.1. The van der Waals surface area contributed by atoms with Crippen molar-refractivity contribution in [3.63, 3.8) is 0 Å². The van der Waals surface area contributed by atoms with Crippen molar-refractivity contribution in [2.24, 2.45) is 0 Å². The van der Waals surface area contributed by atoms with Crippen LogP contribution in [0.25, 0.3) is 0 Å². The Morgan fingerprint density at radius 1 is 1.04 bits per heavy atom. The molecule has 3 aromatic rings. The molecule has 0 radical (unpaired) electrons. The summed E-state index contributed by atoms with van der Waals surface area (Å²) in [7, 11) is -3.75. The topological polar surface area (TPSA) is 114 Å². The van der Waals surface area contributed by atoms with E-state index < -0.39 is 15.9 Å². The Balaban J connectivity index is 1.64.